The average Bonchev–Trinajstić information content (AvgIpc) is 2.41. The Morgan fingerprint density at radius 1 is 1.00 bits per heavy atom. The van der Waals surface area contributed by atoms with E-state index in [2.05, 4.69) is 4.98 Å². The molecule has 1 heterocycles. The van der Waals surface area contributed by atoms with Gasteiger partial charge < -0.3 is 0 Å². The number of rotatable bonds is 1. The molecule has 0 spiro atoms. The van der Waals surface area contributed by atoms with Gasteiger partial charge in [-0.2, -0.15) is 13.2 Å². The molecular weight excluding hydrogens is 289 g/mol. The molecule has 21 heavy (non-hydrogen) atoms. The minimum atomic E-state index is -4.47. The van der Waals surface area contributed by atoms with Crippen molar-refractivity contribution >= 4 is 0 Å². The molecule has 0 bridgehead atoms. The van der Waals surface area contributed by atoms with Gasteiger partial charge in [0.2, 0.25) is 0 Å². The second-order valence-corrected chi connectivity index (χ2v) is 4.32. The molecule has 0 saturated heterocycles. The van der Waals surface area contributed by atoms with E-state index in [1.165, 1.54) is 12.3 Å². The van der Waals surface area contributed by atoms with Crippen molar-refractivity contribution in [2.24, 2.45) is 0 Å². The Kier molecular flexibility index (Phi) is 5.81. The third-order valence-corrected chi connectivity index (χ3v) is 2.57. The molecule has 0 saturated carbocycles. The minimum absolute atomic E-state index is 0.282. The van der Waals surface area contributed by atoms with Gasteiger partial charge in [0.05, 0.1) is 11.8 Å². The summed E-state index contributed by atoms with van der Waals surface area (Å²) >= 11 is 0. The largest absolute Gasteiger partial charge is 0.416 e. The van der Waals surface area contributed by atoms with Gasteiger partial charge in [0, 0.05) is 5.69 Å². The molecule has 0 amide bonds. The van der Waals surface area contributed by atoms with Crippen molar-refractivity contribution < 1.29 is 22.0 Å². The third-order valence-electron chi connectivity index (χ3n) is 2.57. The summed E-state index contributed by atoms with van der Waals surface area (Å²) < 4.78 is 61.0. The molecule has 0 N–H and O–H groups in total. The van der Waals surface area contributed by atoms with E-state index in [0.29, 0.717) is 18.1 Å². The summed E-state index contributed by atoms with van der Waals surface area (Å²) in [5.74, 6) is -1.12. The fourth-order valence-electron chi connectivity index (χ4n) is 1.47. The lowest BCUT2D eigenvalue weighted by atomic mass is 10.1. The maximum atomic E-state index is 12.6. The Morgan fingerprint density at radius 2 is 1.67 bits per heavy atom. The van der Waals surface area contributed by atoms with Crippen molar-refractivity contribution in [1.82, 2.24) is 4.98 Å². The molecule has 2 aromatic rings. The van der Waals surface area contributed by atoms with Gasteiger partial charge in [0.1, 0.15) is 11.6 Å². The van der Waals surface area contributed by atoms with Gasteiger partial charge in [-0.15, -0.1) is 0 Å². The Bertz CT molecular complexity index is 555. The summed E-state index contributed by atoms with van der Waals surface area (Å²) in [5, 5.41) is 0. The predicted molar refractivity (Wildman–Crippen MR) is 69.7 cm³/mol. The number of hydrogen-bond acceptors (Lipinski definition) is 1. The number of halogens is 5. The molecular formula is C15H14F5N. The van der Waals surface area contributed by atoms with E-state index in [0.717, 1.165) is 17.8 Å². The van der Waals surface area contributed by atoms with Crippen LogP contribution in [0.15, 0.2) is 36.5 Å². The van der Waals surface area contributed by atoms with Crippen LogP contribution in [0.4, 0.5) is 22.0 Å². The van der Waals surface area contributed by atoms with Crippen molar-refractivity contribution in [1.29, 1.82) is 0 Å². The first-order valence-electron chi connectivity index (χ1n) is 6.17. The van der Waals surface area contributed by atoms with Crippen LogP contribution in [-0.2, 0) is 12.6 Å². The summed E-state index contributed by atoms with van der Waals surface area (Å²) in [6, 6.07) is 5.59. The van der Waals surface area contributed by atoms with Gasteiger partial charge in [-0.3, -0.25) is 4.98 Å². The molecule has 0 radical (unpaired) electrons. The van der Waals surface area contributed by atoms with Crippen molar-refractivity contribution in [3.63, 3.8) is 0 Å². The highest BCUT2D eigenvalue weighted by molar-refractivity contribution is 5.26. The van der Waals surface area contributed by atoms with Gasteiger partial charge in [-0.1, -0.05) is 6.92 Å². The van der Waals surface area contributed by atoms with Crippen LogP contribution in [0.25, 0.3) is 0 Å². The number of alkyl halides is 3. The molecule has 2 rings (SSSR count). The normalized spacial score (nSPS) is 10.8. The first-order valence-corrected chi connectivity index (χ1v) is 6.17. The fourth-order valence-corrected chi connectivity index (χ4v) is 1.47. The highest BCUT2D eigenvalue weighted by Crippen LogP contribution is 2.30. The average molecular weight is 303 g/mol. The molecule has 1 aromatic heterocycles. The molecule has 0 unspecified atom stereocenters. The molecule has 114 valence electrons. The van der Waals surface area contributed by atoms with E-state index in [4.69, 9.17) is 0 Å². The number of benzene rings is 1. The Balaban J connectivity index is 0.000000235. The van der Waals surface area contributed by atoms with E-state index in [-0.39, 0.29) is 5.82 Å². The van der Waals surface area contributed by atoms with Gasteiger partial charge >= 0.3 is 6.18 Å². The lowest BCUT2D eigenvalue weighted by Crippen LogP contribution is -2.06. The van der Waals surface area contributed by atoms with E-state index in [1.807, 2.05) is 6.92 Å². The van der Waals surface area contributed by atoms with Crippen molar-refractivity contribution in [2.45, 2.75) is 26.4 Å². The number of hydrogen-bond donors (Lipinski definition) is 0. The first-order chi connectivity index (χ1) is 9.72. The fraction of sp³-hybridized carbons (Fsp3) is 0.267. The Morgan fingerprint density at radius 3 is 2.10 bits per heavy atom. The zero-order valence-electron chi connectivity index (χ0n) is 11.5. The number of aryl methyl sites for hydroxylation is 2. The zero-order chi connectivity index (χ0) is 16.0. The van der Waals surface area contributed by atoms with Gasteiger partial charge in [-0.05, 0) is 49.2 Å². The van der Waals surface area contributed by atoms with Crippen LogP contribution in [0, 0.1) is 18.6 Å². The molecule has 0 fully saturated rings. The smallest absolute Gasteiger partial charge is 0.259 e. The minimum Gasteiger partial charge on any atom is -0.259 e. The van der Waals surface area contributed by atoms with Crippen molar-refractivity contribution in [3.8, 4) is 0 Å². The molecule has 0 aliphatic rings. The maximum absolute atomic E-state index is 12.6. The van der Waals surface area contributed by atoms with Crippen LogP contribution in [0.5, 0.6) is 0 Å². The summed E-state index contributed by atoms with van der Waals surface area (Å²) in [7, 11) is 0. The molecule has 1 nitrogen and oxygen atoms in total. The Labute approximate surface area is 119 Å². The van der Waals surface area contributed by atoms with Gasteiger partial charge in [0.25, 0.3) is 0 Å². The van der Waals surface area contributed by atoms with Crippen LogP contribution in [0.2, 0.25) is 0 Å². The third kappa shape index (κ3) is 5.89. The first kappa shape index (κ1) is 17.1. The van der Waals surface area contributed by atoms with Crippen LogP contribution in [0.1, 0.15) is 23.7 Å². The summed E-state index contributed by atoms with van der Waals surface area (Å²) in [4.78, 5) is 3.70. The molecule has 0 atom stereocenters. The molecule has 0 aliphatic carbocycles. The SMILES string of the molecule is CCc1cc(F)cc(C(F)(F)F)c1.Cc1ccc(F)cn1. The van der Waals surface area contributed by atoms with Gasteiger partial charge in [0.15, 0.2) is 0 Å². The van der Waals surface area contributed by atoms with Gasteiger partial charge in [-0.25, -0.2) is 8.78 Å². The lowest BCUT2D eigenvalue weighted by Gasteiger charge is -2.08. The number of aromatic nitrogens is 1. The molecule has 1 aromatic carbocycles. The van der Waals surface area contributed by atoms with Crippen LogP contribution < -0.4 is 0 Å². The standard InChI is InChI=1S/C9H8F4.C6H6FN/c1-2-6-3-7(9(11,12)13)5-8(10)4-6;1-5-2-3-6(7)4-8-5/h3-5H,2H2,1H3;2-4H,1H3. The predicted octanol–water partition coefficient (Wildman–Crippen LogP) is 4.94. The van der Waals surface area contributed by atoms with Crippen LogP contribution >= 0.6 is 0 Å². The zero-order valence-corrected chi connectivity index (χ0v) is 11.5. The highest BCUT2D eigenvalue weighted by atomic mass is 19.4. The van der Waals surface area contributed by atoms with Crippen molar-refractivity contribution in [2.75, 3.05) is 0 Å². The summed E-state index contributed by atoms with van der Waals surface area (Å²) in [6.07, 6.45) is -2.87. The molecule has 6 heteroatoms. The van der Waals surface area contributed by atoms with E-state index in [9.17, 15) is 22.0 Å². The summed E-state index contributed by atoms with van der Waals surface area (Å²) in [5.41, 5.74) is 0.267. The van der Waals surface area contributed by atoms with Crippen LogP contribution in [-0.4, -0.2) is 4.98 Å². The second-order valence-electron chi connectivity index (χ2n) is 4.32. The Hall–Kier alpha value is -1.98. The topological polar surface area (TPSA) is 12.9 Å². The monoisotopic (exact) mass is 303 g/mol. The molecule has 0 aliphatic heterocycles. The van der Waals surface area contributed by atoms with Crippen molar-refractivity contribution in [3.05, 3.63) is 65.0 Å². The lowest BCUT2D eigenvalue weighted by molar-refractivity contribution is -0.137. The highest BCUT2D eigenvalue weighted by Gasteiger charge is 2.31. The summed E-state index contributed by atoms with van der Waals surface area (Å²) in [6.45, 7) is 3.49. The number of pyridine rings is 1. The van der Waals surface area contributed by atoms with E-state index in [1.54, 1.807) is 13.0 Å². The second kappa shape index (κ2) is 7.15. The quantitative estimate of drug-likeness (QED) is 0.680. The number of nitrogens with zero attached hydrogens (tertiary/aromatic N) is 1. The van der Waals surface area contributed by atoms with E-state index < -0.39 is 17.6 Å². The van der Waals surface area contributed by atoms with E-state index >= 15 is 0 Å². The van der Waals surface area contributed by atoms with Crippen LogP contribution in [0.3, 0.4) is 0 Å². The maximum Gasteiger partial charge on any atom is 0.416 e.